The Morgan fingerprint density at radius 2 is 1.78 bits per heavy atom. The lowest BCUT2D eigenvalue weighted by molar-refractivity contribution is -0.149. The lowest BCUT2D eigenvalue weighted by atomic mass is 9.77. The standard InChI is InChI=1S/C43H54N6O8S/c1-6-28-25-43(28,41(53)49(29-15-16-29)58(44,54)55)46-39(51)36-22-31(26-48(36)40(52)33(42(2,3)4)23-38(50)47-19-11-8-12-20-47)57-37-24-34(27-13-9-7-10-14-27)45-35-21-30(56-5)17-18-32(35)37/h6-7,9-10,13-14,17-18,21,24,28-29,31,33,36H,1,8,11-12,15-16,19-20,22-23,25-26H2,2-5H3,(H,46,51)(H2,44,54,55)/t28-,31-,33-,36+,43-/m1/s1. The minimum absolute atomic E-state index is 0.0132. The molecular formula is C43H54N6O8S. The normalized spacial score (nSPS) is 23.8. The topological polar surface area (TPSA) is 182 Å². The van der Waals surface area contributed by atoms with Crippen LogP contribution >= 0.6 is 0 Å². The molecule has 15 heteroatoms. The molecule has 14 nitrogen and oxygen atoms in total. The summed E-state index contributed by atoms with van der Waals surface area (Å²) in [6, 6.07) is 15.3. The van der Waals surface area contributed by atoms with Crippen molar-refractivity contribution in [2.75, 3.05) is 26.7 Å². The molecule has 310 valence electrons. The number of benzene rings is 2. The summed E-state index contributed by atoms with van der Waals surface area (Å²) in [6.45, 7) is 10.9. The van der Waals surface area contributed by atoms with Crippen molar-refractivity contribution in [1.29, 1.82) is 0 Å². The Kier molecular flexibility index (Phi) is 11.3. The molecule has 2 aromatic carbocycles. The molecule has 0 radical (unpaired) electrons. The first-order valence-electron chi connectivity index (χ1n) is 20.1. The van der Waals surface area contributed by atoms with Gasteiger partial charge in [-0.05, 0) is 56.1 Å². The zero-order valence-corrected chi connectivity index (χ0v) is 34.5. The van der Waals surface area contributed by atoms with Crippen LogP contribution in [0.1, 0.15) is 72.1 Å². The van der Waals surface area contributed by atoms with Crippen LogP contribution < -0.4 is 19.9 Å². The van der Waals surface area contributed by atoms with Gasteiger partial charge in [-0.15, -0.1) is 6.58 Å². The molecule has 4 aliphatic rings. The van der Waals surface area contributed by atoms with E-state index in [1.165, 1.54) is 11.0 Å². The third kappa shape index (κ3) is 8.42. The maximum absolute atomic E-state index is 14.9. The minimum Gasteiger partial charge on any atom is -0.497 e. The zero-order valence-electron chi connectivity index (χ0n) is 33.7. The fraction of sp³-hybridized carbons (Fsp3) is 0.512. The second-order valence-corrected chi connectivity index (χ2v) is 18.6. The molecule has 2 saturated carbocycles. The number of nitrogens with zero attached hydrogens (tertiary/aromatic N) is 4. The van der Waals surface area contributed by atoms with Crippen LogP contribution in [0.25, 0.3) is 22.2 Å². The number of nitrogens with two attached hydrogens (primary N) is 1. The maximum Gasteiger partial charge on any atom is 0.301 e. The molecule has 5 atom stereocenters. The highest BCUT2D eigenvalue weighted by Gasteiger charge is 2.64. The van der Waals surface area contributed by atoms with E-state index >= 15 is 0 Å². The number of rotatable bonds is 13. The molecule has 3 heterocycles. The average Bonchev–Trinajstić information content (AvgIpc) is 4.12. The summed E-state index contributed by atoms with van der Waals surface area (Å²) >= 11 is 0. The molecule has 0 unspecified atom stereocenters. The Hall–Kier alpha value is -5.02. The molecule has 4 fully saturated rings. The van der Waals surface area contributed by atoms with Gasteiger partial charge in [-0.25, -0.2) is 14.4 Å². The molecule has 7 rings (SSSR count). The molecule has 58 heavy (non-hydrogen) atoms. The molecule has 2 aliphatic heterocycles. The third-order valence-electron chi connectivity index (χ3n) is 12.0. The third-order valence-corrected chi connectivity index (χ3v) is 13.0. The van der Waals surface area contributed by atoms with Gasteiger partial charge in [0.15, 0.2) is 0 Å². The molecule has 2 aliphatic carbocycles. The van der Waals surface area contributed by atoms with Crippen molar-refractivity contribution >= 4 is 44.7 Å². The van der Waals surface area contributed by atoms with Gasteiger partial charge in [-0.1, -0.05) is 57.2 Å². The summed E-state index contributed by atoms with van der Waals surface area (Å²) in [5, 5.41) is 9.12. The van der Waals surface area contributed by atoms with Gasteiger partial charge in [0.2, 0.25) is 17.7 Å². The number of nitrogens with one attached hydrogen (secondary N) is 1. The van der Waals surface area contributed by atoms with Crippen molar-refractivity contribution in [3.05, 3.63) is 67.3 Å². The number of ether oxygens (including phenoxy) is 2. The van der Waals surface area contributed by atoms with E-state index in [1.807, 2.05) is 80.3 Å². The number of carbonyl (C=O) groups is 4. The fourth-order valence-electron chi connectivity index (χ4n) is 8.44. The summed E-state index contributed by atoms with van der Waals surface area (Å²) in [7, 11) is -2.85. The smallest absolute Gasteiger partial charge is 0.301 e. The Bertz CT molecular complexity index is 2200. The summed E-state index contributed by atoms with van der Waals surface area (Å²) in [5.74, 6) is -2.15. The van der Waals surface area contributed by atoms with Gasteiger partial charge in [0.05, 0.1) is 30.8 Å². The van der Waals surface area contributed by atoms with Crippen LogP contribution in [0, 0.1) is 17.3 Å². The number of pyridine rings is 1. The number of likely N-dealkylation sites (tertiary alicyclic amines) is 2. The van der Waals surface area contributed by atoms with Gasteiger partial charge in [-0.2, -0.15) is 8.42 Å². The van der Waals surface area contributed by atoms with E-state index in [0.29, 0.717) is 58.3 Å². The highest BCUT2D eigenvalue weighted by Crippen LogP contribution is 2.48. The number of hydrogen-bond acceptors (Lipinski definition) is 9. The Labute approximate surface area is 340 Å². The first kappa shape index (κ1) is 41.2. The van der Waals surface area contributed by atoms with Crippen LogP contribution in [0.15, 0.2) is 67.3 Å². The molecular weight excluding hydrogens is 761 g/mol. The molecule has 1 aromatic heterocycles. The van der Waals surface area contributed by atoms with Crippen LogP contribution in [0.4, 0.5) is 0 Å². The van der Waals surface area contributed by atoms with Crippen LogP contribution in [0.5, 0.6) is 11.5 Å². The lowest BCUT2D eigenvalue weighted by Gasteiger charge is -2.36. The predicted molar refractivity (Wildman–Crippen MR) is 218 cm³/mol. The SMILES string of the molecule is C=C[C@@H]1C[C@]1(NC(=O)[C@@H]1C[C@@H](Oc2cc(-c3ccccc3)nc3cc(OC)ccc23)CN1C(=O)[C@@H](CC(=O)N1CCCCC1)C(C)(C)C)C(=O)N(C1CC1)S(N)(=O)=O. The number of aromatic nitrogens is 1. The highest BCUT2D eigenvalue weighted by molar-refractivity contribution is 7.87. The lowest BCUT2D eigenvalue weighted by Crippen LogP contribution is -2.59. The largest absolute Gasteiger partial charge is 0.497 e. The maximum atomic E-state index is 14.9. The molecule has 0 bridgehead atoms. The van der Waals surface area contributed by atoms with E-state index in [0.717, 1.165) is 24.8 Å². The van der Waals surface area contributed by atoms with Crippen LogP contribution in [-0.4, -0.2) is 102 Å². The van der Waals surface area contributed by atoms with E-state index < -0.39 is 63.0 Å². The molecule has 3 aromatic rings. The van der Waals surface area contributed by atoms with Gasteiger partial charge >= 0.3 is 10.2 Å². The number of amides is 4. The molecule has 0 spiro atoms. The fourth-order valence-corrected chi connectivity index (χ4v) is 9.46. The highest BCUT2D eigenvalue weighted by atomic mass is 32.2. The molecule has 2 saturated heterocycles. The number of piperidine rings is 1. The summed E-state index contributed by atoms with van der Waals surface area (Å²) in [5.41, 5.74) is -0.116. The van der Waals surface area contributed by atoms with Crippen molar-refractivity contribution in [3.63, 3.8) is 0 Å². The average molecular weight is 815 g/mol. The van der Waals surface area contributed by atoms with Gasteiger partial charge in [-0.3, -0.25) is 19.2 Å². The van der Waals surface area contributed by atoms with E-state index in [9.17, 15) is 27.6 Å². The molecule has 4 amide bonds. The Morgan fingerprint density at radius 3 is 2.38 bits per heavy atom. The van der Waals surface area contributed by atoms with Crippen molar-refractivity contribution in [3.8, 4) is 22.8 Å². The quantitative estimate of drug-likeness (QED) is 0.234. The summed E-state index contributed by atoms with van der Waals surface area (Å²) < 4.78 is 38.3. The first-order valence-corrected chi connectivity index (χ1v) is 21.6. The van der Waals surface area contributed by atoms with Gasteiger partial charge in [0.25, 0.3) is 5.91 Å². The predicted octanol–water partition coefficient (Wildman–Crippen LogP) is 4.58. The van der Waals surface area contributed by atoms with Crippen molar-refractivity contribution in [2.45, 2.75) is 95.9 Å². The van der Waals surface area contributed by atoms with Gasteiger partial charge < -0.3 is 24.6 Å². The van der Waals surface area contributed by atoms with Crippen LogP contribution in [0.3, 0.4) is 0 Å². The van der Waals surface area contributed by atoms with Crippen LogP contribution in [0.2, 0.25) is 0 Å². The Morgan fingerprint density at radius 1 is 1.07 bits per heavy atom. The number of carbonyl (C=O) groups excluding carboxylic acids is 4. The second-order valence-electron chi connectivity index (χ2n) is 17.2. The monoisotopic (exact) mass is 814 g/mol. The molecule has 3 N–H and O–H groups in total. The zero-order chi connectivity index (χ0) is 41.6. The number of hydrogen-bond donors (Lipinski definition) is 2. The van der Waals surface area contributed by atoms with E-state index in [2.05, 4.69) is 11.9 Å². The number of methoxy groups -OCH3 is 1. The van der Waals surface area contributed by atoms with Crippen molar-refractivity contribution in [1.82, 2.24) is 24.4 Å². The van der Waals surface area contributed by atoms with Crippen LogP contribution in [-0.2, 0) is 29.4 Å². The Balaban J connectivity index is 1.23. The van der Waals surface area contributed by atoms with Crippen molar-refractivity contribution in [2.24, 2.45) is 22.4 Å². The van der Waals surface area contributed by atoms with Gasteiger partial charge in [0.1, 0.15) is 29.2 Å². The van der Waals surface area contributed by atoms with E-state index in [-0.39, 0.29) is 37.6 Å². The van der Waals surface area contributed by atoms with E-state index in [1.54, 1.807) is 7.11 Å². The van der Waals surface area contributed by atoms with Crippen molar-refractivity contribution < 1.29 is 37.1 Å². The van der Waals surface area contributed by atoms with Gasteiger partial charge in [0, 0.05) is 61.0 Å². The number of fused-ring (bicyclic) bond motifs is 1. The first-order chi connectivity index (χ1) is 27.5. The minimum atomic E-state index is -4.43. The second kappa shape index (κ2) is 16.0. The van der Waals surface area contributed by atoms with E-state index in [4.69, 9.17) is 19.6 Å². The summed E-state index contributed by atoms with van der Waals surface area (Å²) in [4.78, 5) is 65.5. The summed E-state index contributed by atoms with van der Waals surface area (Å²) in [6.07, 6.45) is 4.80.